The minimum Gasteiger partial charge on any atom is -0.456 e. The molecule has 57 heavy (non-hydrogen) atoms. The fourth-order valence-corrected chi connectivity index (χ4v) is 8.86. The molecule has 0 bridgehead atoms. The standard InChI is InChI=1S/C51H32N4OS/c1-4-12-33(13-5-1)34-20-24-39(25-21-34)55(38-16-8-3-9-17-38)40-26-29-45-44(32-40)41-27-22-36(30-46(41)56-45)50-52-49(35-14-6-2-7-15-35)53-51(54-50)37-23-28-43-42-18-10-11-19-47(42)57-48(43)31-37/h1-32H. The Kier molecular flexibility index (Phi) is 7.93. The smallest absolute Gasteiger partial charge is 0.164 e. The molecule has 0 unspecified atom stereocenters. The number of thiophene rings is 1. The molecule has 0 saturated heterocycles. The van der Waals surface area contributed by atoms with Crippen LogP contribution < -0.4 is 4.90 Å². The second kappa shape index (κ2) is 13.7. The first kappa shape index (κ1) is 33.0. The quantitative estimate of drug-likeness (QED) is 0.162. The van der Waals surface area contributed by atoms with Gasteiger partial charge in [0.25, 0.3) is 0 Å². The third-order valence-corrected chi connectivity index (χ3v) is 11.7. The van der Waals surface area contributed by atoms with Gasteiger partial charge in [-0.25, -0.2) is 15.0 Å². The maximum Gasteiger partial charge on any atom is 0.164 e. The predicted molar refractivity (Wildman–Crippen MR) is 236 cm³/mol. The summed E-state index contributed by atoms with van der Waals surface area (Å²) in [5.74, 6) is 1.84. The van der Waals surface area contributed by atoms with Crippen LogP contribution >= 0.6 is 11.3 Å². The summed E-state index contributed by atoms with van der Waals surface area (Å²) in [6.45, 7) is 0. The van der Waals surface area contributed by atoms with Crippen LogP contribution in [-0.2, 0) is 0 Å². The van der Waals surface area contributed by atoms with E-state index in [1.807, 2.05) is 42.5 Å². The fourth-order valence-electron chi connectivity index (χ4n) is 7.72. The predicted octanol–water partition coefficient (Wildman–Crippen LogP) is 14.3. The van der Waals surface area contributed by atoms with E-state index in [9.17, 15) is 0 Å². The Morgan fingerprint density at radius 1 is 0.333 bits per heavy atom. The second-order valence-corrected chi connectivity index (χ2v) is 15.1. The fraction of sp³-hybridized carbons (Fsp3) is 0. The van der Waals surface area contributed by atoms with E-state index in [0.717, 1.165) is 55.7 Å². The number of hydrogen-bond donors (Lipinski definition) is 0. The summed E-state index contributed by atoms with van der Waals surface area (Å²) in [7, 11) is 0. The number of nitrogens with zero attached hydrogens (tertiary/aromatic N) is 4. The molecule has 0 aliphatic carbocycles. The van der Waals surface area contributed by atoms with Gasteiger partial charge >= 0.3 is 0 Å². The zero-order chi connectivity index (χ0) is 37.7. The van der Waals surface area contributed by atoms with E-state index in [1.165, 1.54) is 31.3 Å². The second-order valence-electron chi connectivity index (χ2n) is 14.1. The lowest BCUT2D eigenvalue weighted by atomic mass is 10.0. The number of fused-ring (bicyclic) bond motifs is 6. The van der Waals surface area contributed by atoms with Gasteiger partial charge in [-0.1, -0.05) is 127 Å². The summed E-state index contributed by atoms with van der Waals surface area (Å²) in [6, 6.07) is 67.5. The van der Waals surface area contributed by atoms with Gasteiger partial charge in [0.05, 0.1) is 0 Å². The van der Waals surface area contributed by atoms with Crippen LogP contribution in [0.3, 0.4) is 0 Å². The van der Waals surface area contributed by atoms with Crippen LogP contribution in [0.1, 0.15) is 0 Å². The monoisotopic (exact) mass is 748 g/mol. The molecule has 0 aliphatic rings. The third-order valence-electron chi connectivity index (χ3n) is 10.5. The summed E-state index contributed by atoms with van der Waals surface area (Å²) < 4.78 is 9.01. The molecule has 0 spiro atoms. The molecule has 0 N–H and O–H groups in total. The summed E-state index contributed by atoms with van der Waals surface area (Å²) in [5.41, 5.74) is 9.88. The van der Waals surface area contributed by atoms with Crippen molar-refractivity contribution < 1.29 is 4.42 Å². The van der Waals surface area contributed by atoms with Gasteiger partial charge in [0.1, 0.15) is 11.2 Å². The van der Waals surface area contributed by atoms with Gasteiger partial charge in [-0.3, -0.25) is 0 Å². The lowest BCUT2D eigenvalue weighted by Crippen LogP contribution is -2.09. The Bertz CT molecular complexity index is 3230. The molecule has 8 aromatic carbocycles. The van der Waals surface area contributed by atoms with E-state index in [4.69, 9.17) is 19.4 Å². The lowest BCUT2D eigenvalue weighted by Gasteiger charge is -2.25. The highest BCUT2D eigenvalue weighted by Crippen LogP contribution is 2.41. The summed E-state index contributed by atoms with van der Waals surface area (Å²) in [6.07, 6.45) is 0. The van der Waals surface area contributed by atoms with E-state index < -0.39 is 0 Å². The molecule has 0 aliphatic heterocycles. The highest BCUT2D eigenvalue weighted by molar-refractivity contribution is 7.25. The van der Waals surface area contributed by atoms with Gasteiger partial charge in [0.15, 0.2) is 17.5 Å². The van der Waals surface area contributed by atoms with Crippen molar-refractivity contribution >= 4 is 70.5 Å². The van der Waals surface area contributed by atoms with Crippen LogP contribution in [0.15, 0.2) is 199 Å². The molecule has 5 nitrogen and oxygen atoms in total. The van der Waals surface area contributed by atoms with Crippen LogP contribution in [-0.4, -0.2) is 15.0 Å². The average molecular weight is 749 g/mol. The molecule has 268 valence electrons. The zero-order valence-corrected chi connectivity index (χ0v) is 31.4. The molecule has 6 heteroatoms. The average Bonchev–Trinajstić information content (AvgIpc) is 3.85. The SMILES string of the molecule is c1ccc(-c2ccc(N(c3ccccc3)c3ccc4oc5cc(-c6nc(-c7ccccc7)nc(-c7ccc8c(c7)sc7ccccc78)n6)ccc5c4c3)cc2)cc1. The van der Waals surface area contributed by atoms with Crippen LogP contribution in [0.4, 0.5) is 17.1 Å². The van der Waals surface area contributed by atoms with Gasteiger partial charge in [0, 0.05) is 64.7 Å². The Balaban J connectivity index is 1.00. The number of benzene rings is 8. The van der Waals surface area contributed by atoms with Crippen molar-refractivity contribution in [3.63, 3.8) is 0 Å². The highest BCUT2D eigenvalue weighted by Gasteiger charge is 2.18. The van der Waals surface area contributed by atoms with E-state index >= 15 is 0 Å². The molecule has 0 saturated carbocycles. The van der Waals surface area contributed by atoms with Crippen molar-refractivity contribution in [2.45, 2.75) is 0 Å². The number of hydrogen-bond acceptors (Lipinski definition) is 6. The van der Waals surface area contributed by atoms with Crippen LogP contribution in [0.25, 0.3) is 87.4 Å². The summed E-state index contributed by atoms with van der Waals surface area (Å²) in [5, 5.41) is 4.56. The minimum atomic E-state index is 0.590. The van der Waals surface area contributed by atoms with E-state index in [0.29, 0.717) is 17.5 Å². The first-order valence-corrected chi connectivity index (χ1v) is 19.7. The van der Waals surface area contributed by atoms with Crippen LogP contribution in [0, 0.1) is 0 Å². The number of para-hydroxylation sites is 1. The first-order valence-electron chi connectivity index (χ1n) is 18.9. The molecule has 3 heterocycles. The molecule has 0 fully saturated rings. The van der Waals surface area contributed by atoms with Crippen molar-refractivity contribution in [3.05, 3.63) is 194 Å². The molecular weight excluding hydrogens is 717 g/mol. The Hall–Kier alpha value is -7.41. The summed E-state index contributed by atoms with van der Waals surface area (Å²) in [4.78, 5) is 17.4. The topological polar surface area (TPSA) is 55.1 Å². The van der Waals surface area contributed by atoms with Gasteiger partial charge < -0.3 is 9.32 Å². The Morgan fingerprint density at radius 2 is 0.860 bits per heavy atom. The molecule has 0 atom stereocenters. The number of anilines is 3. The Morgan fingerprint density at radius 3 is 1.60 bits per heavy atom. The van der Waals surface area contributed by atoms with Gasteiger partial charge in [-0.15, -0.1) is 11.3 Å². The third kappa shape index (κ3) is 6.00. The first-order chi connectivity index (χ1) is 28.2. The number of furan rings is 1. The molecular formula is C51H32N4OS. The molecule has 0 radical (unpaired) electrons. The molecule has 3 aromatic heterocycles. The zero-order valence-electron chi connectivity index (χ0n) is 30.6. The number of aromatic nitrogens is 3. The minimum absolute atomic E-state index is 0.590. The molecule has 11 aromatic rings. The van der Waals surface area contributed by atoms with E-state index in [1.54, 1.807) is 11.3 Å². The van der Waals surface area contributed by atoms with E-state index in [-0.39, 0.29) is 0 Å². The highest BCUT2D eigenvalue weighted by atomic mass is 32.1. The van der Waals surface area contributed by atoms with Crippen LogP contribution in [0.2, 0.25) is 0 Å². The number of rotatable bonds is 7. The van der Waals surface area contributed by atoms with Crippen molar-refractivity contribution in [2.75, 3.05) is 4.90 Å². The Labute approximate surface area is 332 Å². The largest absolute Gasteiger partial charge is 0.456 e. The maximum atomic E-state index is 6.54. The summed E-state index contributed by atoms with van der Waals surface area (Å²) >= 11 is 1.79. The molecule has 0 amide bonds. The van der Waals surface area contributed by atoms with Gasteiger partial charge in [0.2, 0.25) is 0 Å². The van der Waals surface area contributed by atoms with Crippen molar-refractivity contribution in [2.24, 2.45) is 0 Å². The van der Waals surface area contributed by atoms with Gasteiger partial charge in [-0.05, 0) is 77.9 Å². The van der Waals surface area contributed by atoms with Gasteiger partial charge in [-0.2, -0.15) is 0 Å². The van der Waals surface area contributed by atoms with E-state index in [2.05, 4.69) is 157 Å². The lowest BCUT2D eigenvalue weighted by molar-refractivity contribution is 0.669. The van der Waals surface area contributed by atoms with Crippen molar-refractivity contribution in [3.8, 4) is 45.3 Å². The van der Waals surface area contributed by atoms with Crippen molar-refractivity contribution in [1.29, 1.82) is 0 Å². The normalized spacial score (nSPS) is 11.5. The molecule has 11 rings (SSSR count). The van der Waals surface area contributed by atoms with Crippen molar-refractivity contribution in [1.82, 2.24) is 15.0 Å². The maximum absolute atomic E-state index is 6.54. The van der Waals surface area contributed by atoms with Crippen LogP contribution in [0.5, 0.6) is 0 Å².